The minimum atomic E-state index is -4.06. The van der Waals surface area contributed by atoms with Gasteiger partial charge in [0.05, 0.1) is 21.8 Å². The lowest BCUT2D eigenvalue weighted by Crippen LogP contribution is -2.36. The topological polar surface area (TPSA) is 81.4 Å². The number of halogens is 3. The predicted octanol–water partition coefficient (Wildman–Crippen LogP) is 2.14. The van der Waals surface area contributed by atoms with E-state index in [1.54, 1.807) is 6.92 Å². The van der Waals surface area contributed by atoms with Crippen molar-refractivity contribution >= 4 is 43.2 Å². The average molecular weight is 376 g/mol. The Morgan fingerprint density at radius 1 is 1.63 bits per heavy atom. The largest absolute Gasteiger partial charge is 0.395 e. The van der Waals surface area contributed by atoms with Crippen molar-refractivity contribution in [3.05, 3.63) is 21.4 Å². The number of sulfonamides is 1. The molecule has 1 unspecified atom stereocenters. The second-order valence-electron chi connectivity index (χ2n) is 3.88. The maximum atomic E-state index is 13.9. The standard InChI is InChI=1S/C10H13BrClFN2O3S/c1-5(4-18-2)15-19(16,17)7-3-6(12)8(11)10(14)9(7)13/h3,5,15H,4,14H2,1-2H3. The van der Waals surface area contributed by atoms with Crippen molar-refractivity contribution in [2.75, 3.05) is 19.5 Å². The zero-order valence-electron chi connectivity index (χ0n) is 10.2. The number of hydrogen-bond donors (Lipinski definition) is 2. The van der Waals surface area contributed by atoms with Crippen molar-refractivity contribution in [1.29, 1.82) is 0 Å². The van der Waals surface area contributed by atoms with E-state index in [0.29, 0.717) is 0 Å². The normalized spacial score (nSPS) is 13.5. The van der Waals surface area contributed by atoms with E-state index >= 15 is 0 Å². The van der Waals surface area contributed by atoms with Crippen molar-refractivity contribution in [2.24, 2.45) is 0 Å². The average Bonchev–Trinajstić information content (AvgIpc) is 2.30. The molecule has 0 radical (unpaired) electrons. The van der Waals surface area contributed by atoms with E-state index in [-0.39, 0.29) is 21.8 Å². The minimum absolute atomic E-state index is 0.0127. The quantitative estimate of drug-likeness (QED) is 0.610. The Morgan fingerprint density at radius 3 is 2.74 bits per heavy atom. The summed E-state index contributed by atoms with van der Waals surface area (Å²) < 4.78 is 45.1. The molecule has 0 fully saturated rings. The van der Waals surface area contributed by atoms with E-state index in [2.05, 4.69) is 20.7 Å². The Bertz CT molecular complexity index is 583. The van der Waals surface area contributed by atoms with Crippen LogP contribution in [0, 0.1) is 5.82 Å². The summed E-state index contributed by atoms with van der Waals surface area (Å²) in [6, 6.07) is 0.483. The van der Waals surface area contributed by atoms with Crippen LogP contribution in [0.5, 0.6) is 0 Å². The number of ether oxygens (including phenoxy) is 1. The highest BCUT2D eigenvalue weighted by Gasteiger charge is 2.25. The molecule has 108 valence electrons. The SMILES string of the molecule is COCC(C)NS(=O)(=O)c1cc(Cl)c(Br)c(N)c1F. The Balaban J connectivity index is 3.23. The maximum Gasteiger partial charge on any atom is 0.243 e. The summed E-state index contributed by atoms with van der Waals surface area (Å²) in [4.78, 5) is -0.596. The second-order valence-corrected chi connectivity index (χ2v) is 6.76. The van der Waals surface area contributed by atoms with Crippen molar-refractivity contribution in [2.45, 2.75) is 17.9 Å². The molecule has 1 aromatic carbocycles. The van der Waals surface area contributed by atoms with Gasteiger partial charge in [-0.15, -0.1) is 0 Å². The highest BCUT2D eigenvalue weighted by atomic mass is 79.9. The molecule has 1 atom stereocenters. The van der Waals surface area contributed by atoms with Crippen molar-refractivity contribution in [3.8, 4) is 0 Å². The number of benzene rings is 1. The lowest BCUT2D eigenvalue weighted by atomic mass is 10.3. The summed E-state index contributed by atoms with van der Waals surface area (Å²) >= 11 is 8.76. The van der Waals surface area contributed by atoms with Gasteiger partial charge in [-0.25, -0.2) is 17.5 Å². The number of nitrogen functional groups attached to an aromatic ring is 1. The van der Waals surface area contributed by atoms with Gasteiger partial charge in [0.25, 0.3) is 0 Å². The summed E-state index contributed by atoms with van der Waals surface area (Å²) in [5.74, 6) is -1.05. The smallest absolute Gasteiger partial charge is 0.243 e. The fourth-order valence-corrected chi connectivity index (χ4v) is 3.32. The molecule has 0 saturated heterocycles. The van der Waals surface area contributed by atoms with Crippen LogP contribution in [0.1, 0.15) is 6.92 Å². The van der Waals surface area contributed by atoms with Crippen LogP contribution in [0.25, 0.3) is 0 Å². The van der Waals surface area contributed by atoms with Gasteiger partial charge in [0, 0.05) is 13.2 Å². The highest BCUT2D eigenvalue weighted by molar-refractivity contribution is 9.10. The lowest BCUT2D eigenvalue weighted by Gasteiger charge is -2.15. The van der Waals surface area contributed by atoms with Gasteiger partial charge >= 0.3 is 0 Å². The Hall–Kier alpha value is -0.410. The van der Waals surface area contributed by atoms with Crippen LogP contribution >= 0.6 is 27.5 Å². The fraction of sp³-hybridized carbons (Fsp3) is 0.400. The van der Waals surface area contributed by atoms with E-state index in [4.69, 9.17) is 22.1 Å². The third kappa shape index (κ3) is 3.79. The fourth-order valence-electron chi connectivity index (χ4n) is 1.41. The first-order valence-electron chi connectivity index (χ1n) is 5.15. The van der Waals surface area contributed by atoms with Crippen LogP contribution in [0.3, 0.4) is 0 Å². The summed E-state index contributed by atoms with van der Waals surface area (Å²) in [5.41, 5.74) is 5.09. The van der Waals surface area contributed by atoms with E-state index in [9.17, 15) is 12.8 Å². The predicted molar refractivity (Wildman–Crippen MR) is 75.2 cm³/mol. The van der Waals surface area contributed by atoms with Gasteiger partial charge in [0.1, 0.15) is 4.90 Å². The first kappa shape index (κ1) is 16.6. The van der Waals surface area contributed by atoms with Gasteiger partial charge < -0.3 is 10.5 Å². The van der Waals surface area contributed by atoms with Gasteiger partial charge in [0.2, 0.25) is 10.0 Å². The van der Waals surface area contributed by atoms with Crippen LogP contribution in [0.15, 0.2) is 15.4 Å². The first-order chi connectivity index (χ1) is 8.70. The zero-order chi connectivity index (χ0) is 14.8. The van der Waals surface area contributed by atoms with Gasteiger partial charge in [-0.2, -0.15) is 0 Å². The molecule has 0 saturated carbocycles. The molecule has 3 N–H and O–H groups in total. The lowest BCUT2D eigenvalue weighted by molar-refractivity contribution is 0.180. The van der Waals surface area contributed by atoms with Gasteiger partial charge in [-0.3, -0.25) is 0 Å². The van der Waals surface area contributed by atoms with Crippen LogP contribution in [-0.4, -0.2) is 28.2 Å². The maximum absolute atomic E-state index is 13.9. The molecule has 0 spiro atoms. The molecule has 0 amide bonds. The van der Waals surface area contributed by atoms with Crippen molar-refractivity contribution in [3.63, 3.8) is 0 Å². The number of nitrogens with one attached hydrogen (secondary N) is 1. The van der Waals surface area contributed by atoms with Gasteiger partial charge in [0.15, 0.2) is 5.82 Å². The molecule has 0 heterocycles. The third-order valence-electron chi connectivity index (χ3n) is 2.22. The van der Waals surface area contributed by atoms with Crippen LogP contribution in [0.2, 0.25) is 5.02 Å². The molecular weight excluding hydrogens is 363 g/mol. The van der Waals surface area contributed by atoms with Gasteiger partial charge in [-0.05, 0) is 28.9 Å². The highest BCUT2D eigenvalue weighted by Crippen LogP contribution is 2.34. The van der Waals surface area contributed by atoms with Crippen molar-refractivity contribution < 1.29 is 17.5 Å². The van der Waals surface area contributed by atoms with Gasteiger partial charge in [-0.1, -0.05) is 11.6 Å². The van der Waals surface area contributed by atoms with Crippen LogP contribution < -0.4 is 10.5 Å². The molecule has 1 rings (SSSR count). The molecule has 9 heteroatoms. The summed E-state index contributed by atoms with van der Waals surface area (Å²) in [5, 5.41) is 0.0127. The molecule has 5 nitrogen and oxygen atoms in total. The van der Waals surface area contributed by atoms with E-state index in [1.165, 1.54) is 7.11 Å². The summed E-state index contributed by atoms with van der Waals surface area (Å²) in [6.45, 7) is 1.74. The molecule has 0 aromatic heterocycles. The number of nitrogens with two attached hydrogens (primary N) is 1. The third-order valence-corrected chi connectivity index (χ3v) is 5.19. The van der Waals surface area contributed by atoms with Crippen LogP contribution in [-0.2, 0) is 14.8 Å². The second kappa shape index (κ2) is 6.36. The molecule has 0 aliphatic rings. The molecule has 0 bridgehead atoms. The van der Waals surface area contributed by atoms with E-state index in [1.807, 2.05) is 0 Å². The van der Waals surface area contributed by atoms with Crippen LogP contribution in [0.4, 0.5) is 10.1 Å². The zero-order valence-corrected chi connectivity index (χ0v) is 13.4. The van der Waals surface area contributed by atoms with E-state index in [0.717, 1.165) is 6.07 Å². The minimum Gasteiger partial charge on any atom is -0.395 e. The van der Waals surface area contributed by atoms with Crippen molar-refractivity contribution in [1.82, 2.24) is 4.72 Å². The Labute approximate surface area is 124 Å². The number of methoxy groups -OCH3 is 1. The molecule has 1 aromatic rings. The molecule has 0 aliphatic carbocycles. The number of hydrogen-bond acceptors (Lipinski definition) is 4. The molecular formula is C10H13BrClFN2O3S. The number of anilines is 1. The Kier molecular flexibility index (Phi) is 5.57. The summed E-state index contributed by atoms with van der Waals surface area (Å²) in [6.07, 6.45) is 0. The van der Waals surface area contributed by atoms with E-state index < -0.39 is 26.8 Å². The number of rotatable bonds is 5. The first-order valence-corrected chi connectivity index (χ1v) is 7.80. The molecule has 0 aliphatic heterocycles. The monoisotopic (exact) mass is 374 g/mol. The molecule has 19 heavy (non-hydrogen) atoms. The Morgan fingerprint density at radius 2 is 2.21 bits per heavy atom. The summed E-state index contributed by atoms with van der Waals surface area (Å²) in [7, 11) is -2.63.